The number of nitrogens with zero attached hydrogens (tertiary/aromatic N) is 2. The van der Waals surface area contributed by atoms with E-state index in [1.165, 1.54) is 49.6 Å². The Morgan fingerprint density at radius 3 is 2.39 bits per heavy atom. The maximum absolute atomic E-state index is 13.3. The van der Waals surface area contributed by atoms with Crippen LogP contribution in [0.2, 0.25) is 0 Å². The smallest absolute Gasteiger partial charge is 0.328 e. The minimum atomic E-state index is -3.93. The standard InChI is InChI=1S/C24H21N5O9S3/c1-38-14-8-10(2-7-13(14)30)16-17-18(21(33)29(20(17)32)23(25)34)39-22-19(16)40-24(35)28(22)9-15(31)27-11-3-5-12(6-4-11)41(26,36)37/h2-8,16-18,30H,9H2,1H3,(H2,25,34)(H,27,31)(H2,26,36,37)/t16-,17?,18?/m0/s1. The lowest BCUT2D eigenvalue weighted by Gasteiger charge is -2.30. The van der Waals surface area contributed by atoms with E-state index in [9.17, 15) is 37.5 Å². The Labute approximate surface area is 239 Å². The topological polar surface area (TPSA) is 221 Å². The average Bonchev–Trinajstić information content (AvgIpc) is 3.35. The van der Waals surface area contributed by atoms with Crippen LogP contribution in [0.4, 0.5) is 10.5 Å². The number of rotatable bonds is 6. The number of sulfonamides is 1. The Balaban J connectivity index is 1.54. The maximum Gasteiger partial charge on any atom is 0.328 e. The molecule has 6 N–H and O–H groups in total. The molecule has 5 amide bonds. The minimum absolute atomic E-state index is 0.0852. The number of urea groups is 1. The molecule has 1 aromatic heterocycles. The molecule has 2 aromatic carbocycles. The number of thioether (sulfide) groups is 1. The number of phenols is 1. The molecule has 3 heterocycles. The minimum Gasteiger partial charge on any atom is -0.504 e. The van der Waals surface area contributed by atoms with Gasteiger partial charge in [0, 0.05) is 16.5 Å². The van der Waals surface area contributed by atoms with Crippen LogP contribution in [0.25, 0.3) is 0 Å². The Bertz CT molecular complexity index is 1780. The number of aromatic hydroxyl groups is 1. The Kier molecular flexibility index (Phi) is 7.14. The number of phenolic OH excluding ortho intramolecular Hbond substituents is 1. The van der Waals surface area contributed by atoms with E-state index in [-0.39, 0.29) is 27.1 Å². The Morgan fingerprint density at radius 1 is 1.10 bits per heavy atom. The number of benzene rings is 2. The summed E-state index contributed by atoms with van der Waals surface area (Å²) in [7, 11) is -2.60. The maximum atomic E-state index is 13.3. The van der Waals surface area contributed by atoms with Crippen molar-refractivity contribution in [3.63, 3.8) is 0 Å². The molecular formula is C24H21N5O9S3. The molecule has 14 nitrogen and oxygen atoms in total. The zero-order valence-corrected chi connectivity index (χ0v) is 23.4. The zero-order valence-electron chi connectivity index (χ0n) is 21.0. The van der Waals surface area contributed by atoms with E-state index < -0.39 is 62.3 Å². The van der Waals surface area contributed by atoms with E-state index >= 15 is 0 Å². The lowest BCUT2D eigenvalue weighted by atomic mass is 9.83. The third-order valence-electron chi connectivity index (χ3n) is 6.60. The zero-order chi connectivity index (χ0) is 29.8. The summed E-state index contributed by atoms with van der Waals surface area (Å²) < 4.78 is 29.3. The number of nitrogens with one attached hydrogen (secondary N) is 1. The number of fused-ring (bicyclic) bond motifs is 2. The van der Waals surface area contributed by atoms with Crippen molar-refractivity contribution in [1.29, 1.82) is 0 Å². The number of anilines is 1. The average molecular weight is 620 g/mol. The number of hydrogen-bond donors (Lipinski definition) is 4. The first-order valence-corrected chi connectivity index (χ1v) is 14.9. The fraction of sp³-hybridized carbons (Fsp3) is 0.208. The number of methoxy groups -OCH3 is 1. The fourth-order valence-corrected chi connectivity index (χ4v) is 8.08. The normalized spacial score (nSPS) is 20.0. The van der Waals surface area contributed by atoms with Gasteiger partial charge in [-0.1, -0.05) is 29.2 Å². The number of hydrogen-bond acceptors (Lipinski definition) is 11. The van der Waals surface area contributed by atoms with Gasteiger partial charge in [-0.05, 0) is 42.0 Å². The number of carbonyl (C=O) groups is 4. The van der Waals surface area contributed by atoms with Crippen LogP contribution in [0.5, 0.6) is 11.5 Å². The van der Waals surface area contributed by atoms with Gasteiger partial charge in [-0.25, -0.2) is 18.4 Å². The van der Waals surface area contributed by atoms with Crippen molar-refractivity contribution in [1.82, 2.24) is 9.47 Å². The van der Waals surface area contributed by atoms with E-state index in [1.807, 2.05) is 0 Å². The molecule has 0 saturated carbocycles. The van der Waals surface area contributed by atoms with Crippen molar-refractivity contribution in [2.75, 3.05) is 12.4 Å². The lowest BCUT2D eigenvalue weighted by molar-refractivity contribution is -0.135. The summed E-state index contributed by atoms with van der Waals surface area (Å²) in [6, 6.07) is 8.17. The van der Waals surface area contributed by atoms with Gasteiger partial charge in [0.15, 0.2) is 11.5 Å². The first-order valence-electron chi connectivity index (χ1n) is 11.7. The number of aromatic nitrogens is 1. The second-order valence-electron chi connectivity index (χ2n) is 9.06. The predicted octanol–water partition coefficient (Wildman–Crippen LogP) is 0.580. The highest BCUT2D eigenvalue weighted by molar-refractivity contribution is 8.00. The summed E-state index contributed by atoms with van der Waals surface area (Å²) in [6.45, 7) is -0.473. The highest BCUT2D eigenvalue weighted by atomic mass is 32.2. The predicted molar refractivity (Wildman–Crippen MR) is 146 cm³/mol. The van der Waals surface area contributed by atoms with Gasteiger partial charge in [-0.15, -0.1) is 0 Å². The van der Waals surface area contributed by atoms with E-state index in [2.05, 4.69) is 5.32 Å². The van der Waals surface area contributed by atoms with E-state index in [1.54, 1.807) is 0 Å². The first kappa shape index (κ1) is 28.3. The molecule has 0 spiro atoms. The Morgan fingerprint density at radius 2 is 1.78 bits per heavy atom. The highest BCUT2D eigenvalue weighted by Crippen LogP contribution is 2.53. The second-order valence-corrected chi connectivity index (χ2v) is 12.7. The molecule has 5 rings (SSSR count). The molecule has 17 heteroatoms. The molecule has 41 heavy (non-hydrogen) atoms. The summed E-state index contributed by atoms with van der Waals surface area (Å²) in [5.74, 6) is -4.39. The first-order chi connectivity index (χ1) is 19.3. The van der Waals surface area contributed by atoms with Crippen LogP contribution in [0, 0.1) is 5.92 Å². The van der Waals surface area contributed by atoms with Gasteiger partial charge in [0.25, 0.3) is 5.91 Å². The van der Waals surface area contributed by atoms with Crippen molar-refractivity contribution in [2.45, 2.75) is 27.6 Å². The number of ether oxygens (including phenoxy) is 1. The molecule has 3 atom stereocenters. The summed E-state index contributed by atoms with van der Waals surface area (Å²) in [5.41, 5.74) is 6.00. The van der Waals surface area contributed by atoms with Crippen LogP contribution in [-0.4, -0.2) is 59.1 Å². The summed E-state index contributed by atoms with van der Waals surface area (Å²) >= 11 is 1.66. The second kappa shape index (κ2) is 10.3. The number of primary amides is 1. The largest absolute Gasteiger partial charge is 0.504 e. The molecule has 1 saturated heterocycles. The van der Waals surface area contributed by atoms with Crippen molar-refractivity contribution in [3.05, 3.63) is 62.6 Å². The van der Waals surface area contributed by atoms with Gasteiger partial charge in [0.05, 0.1) is 22.9 Å². The van der Waals surface area contributed by atoms with Gasteiger partial charge in [0.1, 0.15) is 11.8 Å². The summed E-state index contributed by atoms with van der Waals surface area (Å²) in [5, 5.41) is 16.9. The molecule has 0 aliphatic carbocycles. The third kappa shape index (κ3) is 4.96. The van der Waals surface area contributed by atoms with Gasteiger partial charge < -0.3 is 20.9 Å². The van der Waals surface area contributed by atoms with Gasteiger partial charge >= 0.3 is 10.9 Å². The number of imide groups is 3. The number of amides is 5. The van der Waals surface area contributed by atoms with Crippen LogP contribution in [0.15, 0.2) is 57.2 Å². The SMILES string of the molecule is COc1cc([C@@H]2c3sc(=O)n(CC(=O)Nc4ccc(S(N)(=O)=O)cc4)c3SC3C(=O)N(C(N)=O)C(=O)C32)ccc1O. The monoisotopic (exact) mass is 619 g/mol. The van der Waals surface area contributed by atoms with Gasteiger partial charge in [-0.3, -0.25) is 23.7 Å². The van der Waals surface area contributed by atoms with E-state index in [0.29, 0.717) is 15.3 Å². The summed E-state index contributed by atoms with van der Waals surface area (Å²) in [6.07, 6.45) is 0. The number of likely N-dealkylation sites (tertiary alicyclic amines) is 1. The molecule has 0 radical (unpaired) electrons. The quantitative estimate of drug-likeness (QED) is 0.281. The van der Waals surface area contributed by atoms with Gasteiger partial charge in [-0.2, -0.15) is 4.90 Å². The highest BCUT2D eigenvalue weighted by Gasteiger charge is 2.58. The molecule has 214 valence electrons. The molecular weight excluding hydrogens is 598 g/mol. The molecule has 0 bridgehead atoms. The van der Waals surface area contributed by atoms with Crippen LogP contribution in [0.3, 0.4) is 0 Å². The number of thiazole rings is 1. The van der Waals surface area contributed by atoms with Crippen LogP contribution >= 0.6 is 23.1 Å². The number of nitrogens with two attached hydrogens (primary N) is 2. The van der Waals surface area contributed by atoms with Crippen LogP contribution in [0.1, 0.15) is 16.4 Å². The fourth-order valence-electron chi connectivity index (χ4n) is 4.79. The van der Waals surface area contributed by atoms with Crippen molar-refractivity contribution in [2.24, 2.45) is 16.8 Å². The third-order valence-corrected chi connectivity index (χ3v) is 10.1. The van der Waals surface area contributed by atoms with Crippen LogP contribution in [-0.2, 0) is 31.0 Å². The van der Waals surface area contributed by atoms with Crippen molar-refractivity contribution < 1.29 is 37.4 Å². The van der Waals surface area contributed by atoms with E-state index in [0.717, 1.165) is 27.7 Å². The molecule has 2 unspecified atom stereocenters. The molecule has 3 aromatic rings. The molecule has 2 aliphatic rings. The van der Waals surface area contributed by atoms with Crippen molar-refractivity contribution in [3.8, 4) is 11.5 Å². The number of primary sulfonamides is 1. The van der Waals surface area contributed by atoms with Crippen molar-refractivity contribution >= 4 is 62.6 Å². The molecule has 2 aliphatic heterocycles. The molecule has 1 fully saturated rings. The summed E-state index contributed by atoms with van der Waals surface area (Å²) in [4.78, 5) is 64.5. The number of carbonyl (C=O) groups excluding carboxylic acids is 4. The van der Waals surface area contributed by atoms with Gasteiger partial charge in [0.2, 0.25) is 21.8 Å². The lowest BCUT2D eigenvalue weighted by Crippen LogP contribution is -2.41. The van der Waals surface area contributed by atoms with Crippen LogP contribution < -0.4 is 25.8 Å². The van der Waals surface area contributed by atoms with E-state index in [4.69, 9.17) is 15.6 Å². The Hall–Kier alpha value is -4.19.